The van der Waals surface area contributed by atoms with Gasteiger partial charge in [0.1, 0.15) is 11.5 Å². The Morgan fingerprint density at radius 3 is 2.32 bits per heavy atom. The highest BCUT2D eigenvalue weighted by Crippen LogP contribution is 2.32. The number of methoxy groups -OCH3 is 1. The lowest BCUT2D eigenvalue weighted by Crippen LogP contribution is -2.39. The molecule has 5 rings (SSSR count). The second kappa shape index (κ2) is 11.6. The topological polar surface area (TPSA) is 84.0 Å². The van der Waals surface area contributed by atoms with Crippen LogP contribution in [0.25, 0.3) is 11.8 Å². The van der Waals surface area contributed by atoms with Gasteiger partial charge in [-0.25, -0.2) is 9.79 Å². The summed E-state index contributed by atoms with van der Waals surface area (Å²) in [5, 5.41) is 0. The minimum Gasteiger partial charge on any atom is -0.497 e. The van der Waals surface area contributed by atoms with Crippen molar-refractivity contribution >= 4 is 23.4 Å². The fraction of sp³-hybridized carbons (Fsp3) is 0.281. The van der Waals surface area contributed by atoms with Crippen LogP contribution in [0.3, 0.4) is 0 Å². The van der Waals surface area contributed by atoms with Crippen molar-refractivity contribution in [2.45, 2.75) is 40.7 Å². The molecule has 2 aromatic carbocycles. The fourth-order valence-corrected chi connectivity index (χ4v) is 6.26. The summed E-state index contributed by atoms with van der Waals surface area (Å²) in [5.41, 5.74) is 5.44. The van der Waals surface area contributed by atoms with Gasteiger partial charge in [0.25, 0.3) is 5.56 Å². The quantitative estimate of drug-likeness (QED) is 0.289. The largest absolute Gasteiger partial charge is 0.497 e. The summed E-state index contributed by atoms with van der Waals surface area (Å²) in [6.45, 7) is 10.3. The summed E-state index contributed by atoms with van der Waals surface area (Å²) in [4.78, 5) is 32.4. The van der Waals surface area contributed by atoms with E-state index in [0.717, 1.165) is 34.0 Å². The van der Waals surface area contributed by atoms with Crippen molar-refractivity contribution in [3.63, 3.8) is 0 Å². The Morgan fingerprint density at radius 2 is 1.68 bits per heavy atom. The summed E-state index contributed by atoms with van der Waals surface area (Å²) >= 11 is 1.31. The average molecular weight is 572 g/mol. The number of esters is 1. The van der Waals surface area contributed by atoms with E-state index in [-0.39, 0.29) is 12.2 Å². The molecule has 0 fully saturated rings. The van der Waals surface area contributed by atoms with E-state index in [9.17, 15) is 9.59 Å². The highest BCUT2D eigenvalue weighted by molar-refractivity contribution is 7.07. The Bertz CT molecular complexity index is 1810. The van der Waals surface area contributed by atoms with E-state index in [0.29, 0.717) is 33.0 Å². The van der Waals surface area contributed by atoms with E-state index < -0.39 is 12.0 Å². The van der Waals surface area contributed by atoms with Crippen molar-refractivity contribution in [3.8, 4) is 17.2 Å². The molecule has 41 heavy (non-hydrogen) atoms. The molecule has 0 amide bonds. The molecule has 1 atom stereocenters. The molecule has 0 spiro atoms. The molecular weight excluding hydrogens is 538 g/mol. The minimum atomic E-state index is -0.671. The molecule has 4 aromatic rings. The molecule has 0 radical (unpaired) electrons. The van der Waals surface area contributed by atoms with Crippen LogP contribution in [0.4, 0.5) is 0 Å². The molecule has 0 aliphatic carbocycles. The van der Waals surface area contributed by atoms with Crippen molar-refractivity contribution in [1.29, 1.82) is 0 Å². The second-order valence-electron chi connectivity index (χ2n) is 9.66. The lowest BCUT2D eigenvalue weighted by atomic mass is 9.96. The number of ether oxygens (including phenoxy) is 3. The third-order valence-corrected chi connectivity index (χ3v) is 8.09. The molecule has 0 N–H and O–H groups in total. The Labute approximate surface area is 242 Å². The summed E-state index contributed by atoms with van der Waals surface area (Å²) in [6.07, 6.45) is 1.91. The first-order valence-electron chi connectivity index (χ1n) is 13.5. The van der Waals surface area contributed by atoms with Crippen molar-refractivity contribution in [1.82, 2.24) is 9.13 Å². The zero-order valence-electron chi connectivity index (χ0n) is 24.1. The van der Waals surface area contributed by atoms with Crippen LogP contribution in [-0.2, 0) is 9.53 Å². The lowest BCUT2D eigenvalue weighted by molar-refractivity contribution is -0.139. The molecule has 1 aliphatic rings. The van der Waals surface area contributed by atoms with E-state index in [4.69, 9.17) is 14.2 Å². The first kappa shape index (κ1) is 28.2. The van der Waals surface area contributed by atoms with Gasteiger partial charge in [0.2, 0.25) is 0 Å². The maximum atomic E-state index is 14.0. The third kappa shape index (κ3) is 5.25. The number of hydrogen-bond acceptors (Lipinski definition) is 7. The zero-order chi connectivity index (χ0) is 29.3. The number of allylic oxidation sites excluding steroid dienone is 1. The highest BCUT2D eigenvalue weighted by Gasteiger charge is 2.33. The molecule has 0 unspecified atom stereocenters. The van der Waals surface area contributed by atoms with Crippen molar-refractivity contribution in [3.05, 3.63) is 108 Å². The van der Waals surface area contributed by atoms with Gasteiger partial charge in [-0.05, 0) is 94.3 Å². The molecule has 2 aromatic heterocycles. The van der Waals surface area contributed by atoms with Crippen LogP contribution in [0, 0.1) is 13.8 Å². The smallest absolute Gasteiger partial charge is 0.338 e. The minimum absolute atomic E-state index is 0.212. The van der Waals surface area contributed by atoms with Gasteiger partial charge >= 0.3 is 5.97 Å². The van der Waals surface area contributed by atoms with E-state index >= 15 is 0 Å². The van der Waals surface area contributed by atoms with Crippen molar-refractivity contribution in [2.24, 2.45) is 4.99 Å². The van der Waals surface area contributed by atoms with E-state index in [1.807, 2.05) is 75.4 Å². The van der Waals surface area contributed by atoms with E-state index in [2.05, 4.69) is 15.6 Å². The van der Waals surface area contributed by atoms with Crippen LogP contribution < -0.4 is 24.4 Å². The Balaban J connectivity index is 1.65. The van der Waals surface area contributed by atoms with Crippen molar-refractivity contribution in [2.75, 3.05) is 20.3 Å². The maximum absolute atomic E-state index is 14.0. The van der Waals surface area contributed by atoms with Crippen LogP contribution in [0.15, 0.2) is 75.7 Å². The highest BCUT2D eigenvalue weighted by atomic mass is 32.1. The standard InChI is InChI=1S/C32H33N3O5S/c1-7-39-26-13-9-22(10-14-26)29-28(31(37)40-8-2)20(4)33-32-35(29)30(36)27(41-32)18-23-17-19(3)34(21(23)5)24-11-15-25(38-6)16-12-24/h9-18,29H,7-8H2,1-6H3/b27-18+/t29-/m1/s1. The monoisotopic (exact) mass is 571 g/mol. The van der Waals surface area contributed by atoms with Crippen LogP contribution in [0.1, 0.15) is 49.3 Å². The van der Waals surface area contributed by atoms with Gasteiger partial charge in [0.05, 0.1) is 42.2 Å². The Kier molecular flexibility index (Phi) is 7.99. The molecule has 212 valence electrons. The predicted molar refractivity (Wildman–Crippen MR) is 160 cm³/mol. The number of thiazole rings is 1. The van der Waals surface area contributed by atoms with Crippen LogP contribution in [-0.4, -0.2) is 35.4 Å². The number of carbonyl (C=O) groups excluding carboxylic acids is 1. The average Bonchev–Trinajstić information content (AvgIpc) is 3.42. The second-order valence-corrected chi connectivity index (χ2v) is 10.7. The van der Waals surface area contributed by atoms with Gasteiger partial charge in [0, 0.05) is 17.1 Å². The SMILES string of the molecule is CCOC(=O)C1=C(C)N=c2s/c(=C/c3cc(C)n(-c4ccc(OC)cc4)c3C)c(=O)n2[C@@H]1c1ccc(OCC)cc1. The number of rotatable bonds is 8. The molecular formula is C32H33N3O5S. The third-order valence-electron chi connectivity index (χ3n) is 7.11. The molecule has 0 bridgehead atoms. The zero-order valence-corrected chi connectivity index (χ0v) is 24.9. The first-order valence-corrected chi connectivity index (χ1v) is 14.3. The van der Waals surface area contributed by atoms with Gasteiger partial charge in [-0.3, -0.25) is 9.36 Å². The number of benzene rings is 2. The molecule has 9 heteroatoms. The fourth-order valence-electron chi connectivity index (χ4n) is 5.22. The summed E-state index contributed by atoms with van der Waals surface area (Å²) in [5.74, 6) is 1.02. The molecule has 3 heterocycles. The number of fused-ring (bicyclic) bond motifs is 1. The van der Waals surface area contributed by atoms with E-state index in [1.54, 1.807) is 25.5 Å². The van der Waals surface area contributed by atoms with Crippen molar-refractivity contribution < 1.29 is 19.0 Å². The Hall–Kier alpha value is -4.37. The van der Waals surface area contributed by atoms with Crippen LogP contribution in [0.2, 0.25) is 0 Å². The number of nitrogens with zero attached hydrogens (tertiary/aromatic N) is 3. The number of aryl methyl sites for hydroxylation is 1. The first-order chi connectivity index (χ1) is 19.8. The molecule has 0 saturated heterocycles. The van der Waals surface area contributed by atoms with E-state index in [1.165, 1.54) is 11.3 Å². The molecule has 1 aliphatic heterocycles. The number of carbonyl (C=O) groups is 1. The van der Waals surface area contributed by atoms with Gasteiger partial charge in [-0.15, -0.1) is 0 Å². The Morgan fingerprint density at radius 1 is 1.00 bits per heavy atom. The van der Waals surface area contributed by atoms with Gasteiger partial charge in [-0.1, -0.05) is 23.5 Å². The predicted octanol–water partition coefficient (Wildman–Crippen LogP) is 4.61. The lowest BCUT2D eigenvalue weighted by Gasteiger charge is -2.24. The maximum Gasteiger partial charge on any atom is 0.338 e. The van der Waals surface area contributed by atoms with Crippen LogP contribution >= 0.6 is 11.3 Å². The van der Waals surface area contributed by atoms with Gasteiger partial charge in [-0.2, -0.15) is 0 Å². The van der Waals surface area contributed by atoms with Gasteiger partial charge in [0.15, 0.2) is 4.80 Å². The summed E-state index contributed by atoms with van der Waals surface area (Å²) in [7, 11) is 1.65. The normalized spacial score (nSPS) is 15.0. The van der Waals surface area contributed by atoms with Gasteiger partial charge < -0.3 is 18.8 Å². The molecule has 0 saturated carbocycles. The summed E-state index contributed by atoms with van der Waals surface area (Å²) in [6, 6.07) is 16.7. The molecule has 8 nitrogen and oxygen atoms in total. The number of hydrogen-bond donors (Lipinski definition) is 0. The number of aromatic nitrogens is 2. The van der Waals surface area contributed by atoms with Crippen LogP contribution in [0.5, 0.6) is 11.5 Å². The summed E-state index contributed by atoms with van der Waals surface area (Å²) < 4.78 is 20.6.